The van der Waals surface area contributed by atoms with Crippen molar-refractivity contribution in [1.82, 2.24) is 9.97 Å². The number of carbonyl (C=O) groups excluding carboxylic acids is 1. The number of nitrogens with one attached hydrogen (secondary N) is 2. The van der Waals surface area contributed by atoms with Crippen LogP contribution in [0.4, 0.5) is 10.1 Å². The summed E-state index contributed by atoms with van der Waals surface area (Å²) >= 11 is 2.71. The monoisotopic (exact) mass is 403 g/mol. The third-order valence-electron chi connectivity index (χ3n) is 4.63. The number of anilines is 1. The van der Waals surface area contributed by atoms with Crippen molar-refractivity contribution in [3.05, 3.63) is 50.9 Å². The Kier molecular flexibility index (Phi) is 5.01. The largest absolute Gasteiger partial charge is 0.323 e. The average Bonchev–Trinajstić information content (AvgIpc) is 2.99. The third-order valence-corrected chi connectivity index (χ3v) is 6.65. The predicted octanol–water partition coefficient (Wildman–Crippen LogP) is 3.98. The van der Waals surface area contributed by atoms with Crippen LogP contribution in [-0.2, 0) is 17.6 Å². The van der Waals surface area contributed by atoms with Gasteiger partial charge in [-0.25, -0.2) is 9.37 Å². The van der Waals surface area contributed by atoms with E-state index in [1.807, 2.05) is 0 Å². The fourth-order valence-electron chi connectivity index (χ4n) is 3.28. The maximum Gasteiger partial charge on any atom is 0.260 e. The van der Waals surface area contributed by atoms with E-state index >= 15 is 0 Å². The molecule has 27 heavy (non-hydrogen) atoms. The van der Waals surface area contributed by atoms with Crippen LogP contribution in [0, 0.1) is 11.7 Å². The zero-order valence-corrected chi connectivity index (χ0v) is 16.3. The van der Waals surface area contributed by atoms with Crippen LogP contribution in [0.25, 0.3) is 10.2 Å². The number of benzene rings is 1. The van der Waals surface area contributed by atoms with E-state index in [-0.39, 0.29) is 22.9 Å². The van der Waals surface area contributed by atoms with Gasteiger partial charge in [-0.1, -0.05) is 30.8 Å². The number of hydrogen-bond acceptors (Lipinski definition) is 5. The smallest absolute Gasteiger partial charge is 0.260 e. The predicted molar refractivity (Wildman–Crippen MR) is 107 cm³/mol. The summed E-state index contributed by atoms with van der Waals surface area (Å²) in [5, 5.41) is 3.63. The van der Waals surface area contributed by atoms with Gasteiger partial charge in [0.25, 0.3) is 5.56 Å². The van der Waals surface area contributed by atoms with Gasteiger partial charge in [0, 0.05) is 4.88 Å². The number of fused-ring (bicyclic) bond motifs is 3. The van der Waals surface area contributed by atoms with Gasteiger partial charge in [0.1, 0.15) is 10.6 Å². The molecule has 1 aliphatic carbocycles. The lowest BCUT2D eigenvalue weighted by Gasteiger charge is -2.17. The van der Waals surface area contributed by atoms with Gasteiger partial charge in [-0.05, 0) is 42.9 Å². The molecule has 0 radical (unpaired) electrons. The molecular formula is C19H18FN3O2S2. The van der Waals surface area contributed by atoms with Crippen LogP contribution in [0.5, 0.6) is 0 Å². The van der Waals surface area contributed by atoms with E-state index in [1.165, 1.54) is 17.0 Å². The van der Waals surface area contributed by atoms with Crippen LogP contribution in [-0.4, -0.2) is 21.6 Å². The summed E-state index contributed by atoms with van der Waals surface area (Å²) in [5.41, 5.74) is 1.12. The Balaban J connectivity index is 1.50. The average molecular weight is 404 g/mol. The molecule has 140 valence electrons. The SMILES string of the molecule is C[C@H]1CCc2c(sc3nc(SCC(=O)Nc4ccccc4F)[nH]c(=O)c23)C1. The normalized spacial score (nSPS) is 16.3. The number of H-pyrrole nitrogens is 1. The number of hydrogen-bond donors (Lipinski definition) is 2. The molecule has 3 aromatic rings. The Bertz CT molecular complexity index is 1080. The number of halogens is 1. The highest BCUT2D eigenvalue weighted by molar-refractivity contribution is 7.99. The van der Waals surface area contributed by atoms with Crippen molar-refractivity contribution >= 4 is 44.9 Å². The van der Waals surface area contributed by atoms with Crippen molar-refractivity contribution in [2.24, 2.45) is 5.92 Å². The fraction of sp³-hybridized carbons (Fsp3) is 0.316. The zero-order chi connectivity index (χ0) is 19.0. The zero-order valence-electron chi connectivity index (χ0n) is 14.7. The number of nitrogens with zero attached hydrogens (tertiary/aromatic N) is 1. The van der Waals surface area contributed by atoms with Crippen molar-refractivity contribution in [2.75, 3.05) is 11.1 Å². The standard InChI is InChI=1S/C19H18FN3O2S2/c1-10-6-7-11-14(8-10)27-18-16(11)17(25)22-19(23-18)26-9-15(24)21-13-5-3-2-4-12(13)20/h2-5,10H,6-9H2,1H3,(H,21,24)(H,22,23,25)/t10-/m0/s1. The van der Waals surface area contributed by atoms with E-state index in [9.17, 15) is 14.0 Å². The van der Waals surface area contributed by atoms with Gasteiger partial charge in [-0.2, -0.15) is 0 Å². The number of aromatic nitrogens is 2. The van der Waals surface area contributed by atoms with E-state index in [0.29, 0.717) is 16.5 Å². The van der Waals surface area contributed by atoms with E-state index < -0.39 is 5.82 Å². The summed E-state index contributed by atoms with van der Waals surface area (Å²) in [5.74, 6) is -0.180. The van der Waals surface area contributed by atoms with Crippen molar-refractivity contribution < 1.29 is 9.18 Å². The van der Waals surface area contributed by atoms with Crippen LogP contribution in [0.3, 0.4) is 0 Å². The summed E-state index contributed by atoms with van der Waals surface area (Å²) in [7, 11) is 0. The molecular weight excluding hydrogens is 385 g/mol. The second-order valence-electron chi connectivity index (χ2n) is 6.72. The van der Waals surface area contributed by atoms with Crippen molar-refractivity contribution in [3.8, 4) is 0 Å². The van der Waals surface area contributed by atoms with Gasteiger partial charge in [0.15, 0.2) is 5.16 Å². The summed E-state index contributed by atoms with van der Waals surface area (Å²) in [6.45, 7) is 2.22. The van der Waals surface area contributed by atoms with Crippen molar-refractivity contribution in [3.63, 3.8) is 0 Å². The molecule has 2 aromatic heterocycles. The lowest BCUT2D eigenvalue weighted by atomic mass is 9.89. The molecule has 8 heteroatoms. The molecule has 1 aliphatic rings. The molecule has 0 saturated carbocycles. The number of para-hydroxylation sites is 1. The molecule has 0 spiro atoms. The summed E-state index contributed by atoms with van der Waals surface area (Å²) < 4.78 is 13.6. The first kappa shape index (κ1) is 18.2. The number of aromatic amines is 1. The molecule has 0 fully saturated rings. The number of aryl methyl sites for hydroxylation is 1. The molecule has 2 N–H and O–H groups in total. The van der Waals surface area contributed by atoms with Gasteiger partial charge in [-0.15, -0.1) is 11.3 Å². The number of rotatable bonds is 4. The molecule has 1 aromatic carbocycles. The maximum absolute atomic E-state index is 13.6. The first-order chi connectivity index (χ1) is 13.0. The Morgan fingerprint density at radius 3 is 3.07 bits per heavy atom. The fourth-order valence-corrected chi connectivity index (χ4v) is 5.38. The number of carbonyl (C=O) groups is 1. The van der Waals surface area contributed by atoms with E-state index in [1.54, 1.807) is 23.5 Å². The third kappa shape index (κ3) is 3.77. The van der Waals surface area contributed by atoms with Crippen LogP contribution in [0.15, 0.2) is 34.2 Å². The van der Waals surface area contributed by atoms with Gasteiger partial charge in [0.05, 0.1) is 16.8 Å². The van der Waals surface area contributed by atoms with Crippen LogP contribution < -0.4 is 10.9 Å². The first-order valence-electron chi connectivity index (χ1n) is 8.73. The summed E-state index contributed by atoms with van der Waals surface area (Å²) in [6, 6.07) is 6.00. The highest BCUT2D eigenvalue weighted by Crippen LogP contribution is 2.36. The quantitative estimate of drug-likeness (QED) is 0.510. The van der Waals surface area contributed by atoms with Gasteiger partial charge >= 0.3 is 0 Å². The second-order valence-corrected chi connectivity index (χ2v) is 8.77. The van der Waals surface area contributed by atoms with E-state index in [0.717, 1.165) is 41.4 Å². The molecule has 2 heterocycles. The van der Waals surface area contributed by atoms with Crippen molar-refractivity contribution in [2.45, 2.75) is 31.3 Å². The summed E-state index contributed by atoms with van der Waals surface area (Å²) in [6.07, 6.45) is 2.99. The molecule has 0 unspecified atom stereocenters. The first-order valence-corrected chi connectivity index (χ1v) is 10.5. The van der Waals surface area contributed by atoms with Gasteiger partial charge in [-0.3, -0.25) is 9.59 Å². The highest BCUT2D eigenvalue weighted by Gasteiger charge is 2.23. The Labute approximate surface area is 163 Å². The molecule has 0 bridgehead atoms. The van der Waals surface area contributed by atoms with E-state index in [2.05, 4.69) is 22.2 Å². The number of amides is 1. The van der Waals surface area contributed by atoms with Gasteiger partial charge in [0.2, 0.25) is 5.91 Å². The second kappa shape index (κ2) is 7.44. The molecule has 1 atom stereocenters. The van der Waals surface area contributed by atoms with Crippen molar-refractivity contribution in [1.29, 1.82) is 0 Å². The molecule has 5 nitrogen and oxygen atoms in total. The minimum Gasteiger partial charge on any atom is -0.323 e. The van der Waals surface area contributed by atoms with Crippen LogP contribution >= 0.6 is 23.1 Å². The van der Waals surface area contributed by atoms with Crippen LogP contribution in [0.1, 0.15) is 23.8 Å². The minimum absolute atomic E-state index is 0.0326. The number of thiophene rings is 1. The highest BCUT2D eigenvalue weighted by atomic mass is 32.2. The Morgan fingerprint density at radius 1 is 1.44 bits per heavy atom. The lowest BCUT2D eigenvalue weighted by molar-refractivity contribution is -0.113. The minimum atomic E-state index is -0.484. The molecule has 4 rings (SSSR count). The maximum atomic E-state index is 13.6. The Morgan fingerprint density at radius 2 is 2.26 bits per heavy atom. The molecule has 0 saturated heterocycles. The lowest BCUT2D eigenvalue weighted by Crippen LogP contribution is -2.16. The Hall–Kier alpha value is -2.19. The molecule has 0 aliphatic heterocycles. The van der Waals surface area contributed by atoms with E-state index in [4.69, 9.17) is 0 Å². The summed E-state index contributed by atoms with van der Waals surface area (Å²) in [4.78, 5) is 33.9. The van der Waals surface area contributed by atoms with Gasteiger partial charge < -0.3 is 10.3 Å². The molecule has 1 amide bonds. The number of thioether (sulfide) groups is 1. The van der Waals surface area contributed by atoms with Crippen LogP contribution in [0.2, 0.25) is 0 Å². The topological polar surface area (TPSA) is 74.8 Å².